The molecule has 1 aromatic rings. The number of halogens is 1. The zero-order valence-electron chi connectivity index (χ0n) is 9.87. The smallest absolute Gasteiger partial charge is 0.124 e. The molecule has 3 nitrogen and oxygen atoms in total. The molecular weight excluding hydrogens is 270 g/mol. The highest BCUT2D eigenvalue weighted by molar-refractivity contribution is 9.10. The van der Waals surface area contributed by atoms with Gasteiger partial charge in [-0.05, 0) is 32.0 Å². The largest absolute Gasteiger partial charge is 0.488 e. The SMILES string of the molecule is COCC(C)Oc1ccc(Br)cc1[C@H](C)N. The first-order valence-electron chi connectivity index (χ1n) is 5.25. The Labute approximate surface area is 105 Å². The van der Waals surface area contributed by atoms with Gasteiger partial charge >= 0.3 is 0 Å². The first-order chi connectivity index (χ1) is 7.54. The van der Waals surface area contributed by atoms with Gasteiger partial charge in [-0.3, -0.25) is 0 Å². The van der Waals surface area contributed by atoms with E-state index >= 15 is 0 Å². The van der Waals surface area contributed by atoms with E-state index in [4.69, 9.17) is 15.2 Å². The first kappa shape index (κ1) is 13.5. The van der Waals surface area contributed by atoms with Crippen LogP contribution in [-0.4, -0.2) is 19.8 Å². The van der Waals surface area contributed by atoms with E-state index in [0.717, 1.165) is 15.8 Å². The maximum Gasteiger partial charge on any atom is 0.124 e. The van der Waals surface area contributed by atoms with E-state index in [1.807, 2.05) is 32.0 Å². The quantitative estimate of drug-likeness (QED) is 0.906. The monoisotopic (exact) mass is 287 g/mol. The molecule has 0 bridgehead atoms. The molecule has 16 heavy (non-hydrogen) atoms. The van der Waals surface area contributed by atoms with Gasteiger partial charge in [-0.2, -0.15) is 0 Å². The molecule has 0 aliphatic heterocycles. The normalized spacial score (nSPS) is 14.6. The summed E-state index contributed by atoms with van der Waals surface area (Å²) in [5.41, 5.74) is 6.90. The average molecular weight is 288 g/mol. The lowest BCUT2D eigenvalue weighted by atomic mass is 10.1. The molecule has 0 amide bonds. The predicted molar refractivity (Wildman–Crippen MR) is 68.7 cm³/mol. The fraction of sp³-hybridized carbons (Fsp3) is 0.500. The molecule has 1 aromatic carbocycles. The molecule has 0 radical (unpaired) electrons. The van der Waals surface area contributed by atoms with Crippen LogP contribution in [-0.2, 0) is 4.74 Å². The lowest BCUT2D eigenvalue weighted by Gasteiger charge is -2.18. The average Bonchev–Trinajstić information content (AvgIpc) is 2.20. The van der Waals surface area contributed by atoms with E-state index in [9.17, 15) is 0 Å². The highest BCUT2D eigenvalue weighted by Gasteiger charge is 2.11. The van der Waals surface area contributed by atoms with Crippen molar-refractivity contribution >= 4 is 15.9 Å². The molecule has 0 aliphatic carbocycles. The van der Waals surface area contributed by atoms with Gasteiger partial charge in [0, 0.05) is 23.2 Å². The number of hydrogen-bond acceptors (Lipinski definition) is 3. The number of nitrogens with two attached hydrogens (primary N) is 1. The standard InChI is InChI=1S/C12H18BrNO2/c1-8(7-15-3)16-12-5-4-10(13)6-11(12)9(2)14/h4-6,8-9H,7,14H2,1-3H3/t8?,9-/m0/s1. The number of rotatable bonds is 5. The van der Waals surface area contributed by atoms with Gasteiger partial charge in [-0.1, -0.05) is 15.9 Å². The summed E-state index contributed by atoms with van der Waals surface area (Å²) in [4.78, 5) is 0. The summed E-state index contributed by atoms with van der Waals surface area (Å²) in [6, 6.07) is 5.80. The van der Waals surface area contributed by atoms with Crippen LogP contribution >= 0.6 is 15.9 Å². The van der Waals surface area contributed by atoms with Gasteiger partial charge in [0.1, 0.15) is 11.9 Å². The Balaban J connectivity index is 2.86. The second kappa shape index (κ2) is 6.23. The van der Waals surface area contributed by atoms with Crippen LogP contribution in [0.1, 0.15) is 25.5 Å². The number of ether oxygens (including phenoxy) is 2. The van der Waals surface area contributed by atoms with Gasteiger partial charge in [-0.25, -0.2) is 0 Å². The maximum absolute atomic E-state index is 5.90. The van der Waals surface area contributed by atoms with Crippen molar-refractivity contribution in [2.24, 2.45) is 5.73 Å². The summed E-state index contributed by atoms with van der Waals surface area (Å²) < 4.78 is 11.8. The highest BCUT2D eigenvalue weighted by atomic mass is 79.9. The van der Waals surface area contributed by atoms with Crippen molar-refractivity contribution < 1.29 is 9.47 Å². The molecule has 0 aliphatic rings. The number of hydrogen-bond donors (Lipinski definition) is 1. The lowest BCUT2D eigenvalue weighted by molar-refractivity contribution is 0.0912. The minimum Gasteiger partial charge on any atom is -0.488 e. The molecule has 1 unspecified atom stereocenters. The van der Waals surface area contributed by atoms with E-state index in [0.29, 0.717) is 6.61 Å². The molecule has 0 saturated carbocycles. The molecule has 2 N–H and O–H groups in total. The third-order valence-electron chi connectivity index (χ3n) is 2.19. The molecule has 0 saturated heterocycles. The van der Waals surface area contributed by atoms with Crippen molar-refractivity contribution in [1.29, 1.82) is 0 Å². The van der Waals surface area contributed by atoms with Crippen molar-refractivity contribution in [1.82, 2.24) is 0 Å². The summed E-state index contributed by atoms with van der Waals surface area (Å²) in [7, 11) is 1.66. The molecule has 0 aromatic heterocycles. The minimum absolute atomic E-state index is 0.0173. The van der Waals surface area contributed by atoms with Crippen molar-refractivity contribution in [3.63, 3.8) is 0 Å². The second-order valence-electron chi connectivity index (χ2n) is 3.85. The van der Waals surface area contributed by atoms with Crippen LogP contribution in [0, 0.1) is 0 Å². The Morgan fingerprint density at radius 2 is 2.06 bits per heavy atom. The van der Waals surface area contributed by atoms with Gasteiger partial charge in [0.2, 0.25) is 0 Å². The first-order valence-corrected chi connectivity index (χ1v) is 6.04. The molecule has 0 heterocycles. The molecule has 2 atom stereocenters. The Morgan fingerprint density at radius 3 is 2.62 bits per heavy atom. The van der Waals surface area contributed by atoms with E-state index < -0.39 is 0 Å². The fourth-order valence-electron chi connectivity index (χ4n) is 1.47. The Kier molecular flexibility index (Phi) is 5.25. The van der Waals surface area contributed by atoms with Crippen LogP contribution in [0.4, 0.5) is 0 Å². The van der Waals surface area contributed by atoms with Crippen LogP contribution < -0.4 is 10.5 Å². The molecule has 90 valence electrons. The molecule has 0 fully saturated rings. The van der Waals surface area contributed by atoms with Crippen molar-refractivity contribution in [2.75, 3.05) is 13.7 Å². The van der Waals surface area contributed by atoms with Gasteiger partial charge in [0.15, 0.2) is 0 Å². The zero-order chi connectivity index (χ0) is 12.1. The second-order valence-corrected chi connectivity index (χ2v) is 4.77. The molecular formula is C12H18BrNO2. The Hall–Kier alpha value is -0.580. The Morgan fingerprint density at radius 1 is 1.38 bits per heavy atom. The Bertz CT molecular complexity index is 342. The van der Waals surface area contributed by atoms with E-state index in [-0.39, 0.29) is 12.1 Å². The van der Waals surface area contributed by atoms with Crippen LogP contribution in [0.25, 0.3) is 0 Å². The van der Waals surface area contributed by atoms with Gasteiger partial charge < -0.3 is 15.2 Å². The van der Waals surface area contributed by atoms with Gasteiger partial charge in [0.05, 0.1) is 6.61 Å². The number of benzene rings is 1. The molecule has 1 rings (SSSR count). The van der Waals surface area contributed by atoms with Crippen LogP contribution in [0.2, 0.25) is 0 Å². The molecule has 0 spiro atoms. The summed E-state index contributed by atoms with van der Waals surface area (Å²) in [6.45, 7) is 4.47. The maximum atomic E-state index is 5.90. The summed E-state index contributed by atoms with van der Waals surface area (Å²) >= 11 is 3.43. The summed E-state index contributed by atoms with van der Waals surface area (Å²) in [6.07, 6.45) is 0.0173. The van der Waals surface area contributed by atoms with Crippen LogP contribution in [0.15, 0.2) is 22.7 Å². The third-order valence-corrected chi connectivity index (χ3v) is 2.69. The highest BCUT2D eigenvalue weighted by Crippen LogP contribution is 2.28. The van der Waals surface area contributed by atoms with Gasteiger partial charge in [-0.15, -0.1) is 0 Å². The van der Waals surface area contributed by atoms with Crippen molar-refractivity contribution in [2.45, 2.75) is 26.0 Å². The van der Waals surface area contributed by atoms with Crippen molar-refractivity contribution in [3.05, 3.63) is 28.2 Å². The summed E-state index contributed by atoms with van der Waals surface area (Å²) in [5.74, 6) is 0.822. The predicted octanol–water partition coefficient (Wildman–Crippen LogP) is 2.88. The zero-order valence-corrected chi connectivity index (χ0v) is 11.5. The van der Waals surface area contributed by atoms with Gasteiger partial charge in [0.25, 0.3) is 0 Å². The topological polar surface area (TPSA) is 44.5 Å². The summed E-state index contributed by atoms with van der Waals surface area (Å²) in [5, 5.41) is 0. The molecule has 4 heteroatoms. The van der Waals surface area contributed by atoms with E-state index in [1.165, 1.54) is 0 Å². The van der Waals surface area contributed by atoms with Crippen LogP contribution in [0.3, 0.4) is 0 Å². The van der Waals surface area contributed by atoms with Crippen LogP contribution in [0.5, 0.6) is 5.75 Å². The van der Waals surface area contributed by atoms with E-state index in [2.05, 4.69) is 15.9 Å². The lowest BCUT2D eigenvalue weighted by Crippen LogP contribution is -2.19. The fourth-order valence-corrected chi connectivity index (χ4v) is 1.85. The van der Waals surface area contributed by atoms with Crippen molar-refractivity contribution in [3.8, 4) is 5.75 Å². The minimum atomic E-state index is -0.0535. The van der Waals surface area contributed by atoms with E-state index in [1.54, 1.807) is 7.11 Å². The number of methoxy groups -OCH3 is 1. The third kappa shape index (κ3) is 3.77.